The number of benzene rings is 1. The van der Waals surface area contributed by atoms with Gasteiger partial charge in [-0.15, -0.1) is 6.58 Å². The van der Waals surface area contributed by atoms with Crippen molar-refractivity contribution < 1.29 is 0 Å². The van der Waals surface area contributed by atoms with E-state index in [1.54, 1.807) is 12.3 Å². The van der Waals surface area contributed by atoms with E-state index in [1.807, 2.05) is 30.3 Å². The molecule has 0 N–H and O–H groups in total. The molecule has 1 aromatic carbocycles. The Morgan fingerprint density at radius 2 is 2.12 bits per heavy atom. The average molecular weight is 212 g/mol. The Balaban J connectivity index is 2.00. The molecule has 1 atom stereocenters. The largest absolute Gasteiger partial charge is 0.241 e. The average Bonchev–Trinajstić information content (AvgIpc) is 2.76. The molecular weight excluding hydrogens is 200 g/mol. The Kier molecular flexibility index (Phi) is 3.33. The van der Waals surface area contributed by atoms with Crippen LogP contribution in [-0.4, -0.2) is 18.2 Å². The van der Waals surface area contributed by atoms with Crippen LogP contribution in [0.1, 0.15) is 6.42 Å². The summed E-state index contributed by atoms with van der Waals surface area (Å²) >= 11 is 0. The maximum Gasteiger partial charge on any atom is 0.198 e. The second kappa shape index (κ2) is 5.11. The van der Waals surface area contributed by atoms with E-state index in [1.165, 1.54) is 0 Å². The van der Waals surface area contributed by atoms with Gasteiger partial charge in [-0.2, -0.15) is 10.2 Å². The van der Waals surface area contributed by atoms with E-state index in [2.05, 4.69) is 26.8 Å². The van der Waals surface area contributed by atoms with Crippen LogP contribution in [0.3, 0.4) is 0 Å². The monoisotopic (exact) mass is 212 g/mol. The summed E-state index contributed by atoms with van der Waals surface area (Å²) in [5, 5.41) is 8.16. The van der Waals surface area contributed by atoms with Crippen LogP contribution in [-0.2, 0) is 0 Å². The molecule has 80 valence electrons. The highest BCUT2D eigenvalue weighted by Gasteiger charge is 2.09. The topological polar surface area (TPSA) is 49.4 Å². The molecule has 0 fully saturated rings. The van der Waals surface area contributed by atoms with Crippen LogP contribution < -0.4 is 0 Å². The van der Waals surface area contributed by atoms with E-state index in [0.717, 1.165) is 11.5 Å². The fourth-order valence-electron chi connectivity index (χ4n) is 1.28. The molecular formula is C12H12N4. The normalized spacial score (nSPS) is 19.0. The van der Waals surface area contributed by atoms with Crippen molar-refractivity contribution in [1.82, 2.24) is 0 Å². The molecule has 1 unspecified atom stereocenters. The maximum atomic E-state index is 4.26. The van der Waals surface area contributed by atoms with Crippen molar-refractivity contribution in [3.8, 4) is 0 Å². The summed E-state index contributed by atoms with van der Waals surface area (Å²) in [6, 6.07) is 9.57. The van der Waals surface area contributed by atoms with Crippen LogP contribution >= 0.6 is 0 Å². The minimum atomic E-state index is -0.282. The summed E-state index contributed by atoms with van der Waals surface area (Å²) in [4.78, 5) is 8.37. The molecule has 0 radical (unpaired) electrons. The second-order valence-corrected chi connectivity index (χ2v) is 3.28. The van der Waals surface area contributed by atoms with Crippen LogP contribution in [0.5, 0.6) is 0 Å². The Morgan fingerprint density at radius 3 is 2.88 bits per heavy atom. The van der Waals surface area contributed by atoms with Crippen LogP contribution in [0.15, 0.2) is 63.2 Å². The number of hydrogen-bond acceptors (Lipinski definition) is 4. The highest BCUT2D eigenvalue weighted by molar-refractivity contribution is 5.96. The van der Waals surface area contributed by atoms with Gasteiger partial charge in [-0.05, 0) is 12.1 Å². The predicted molar refractivity (Wildman–Crippen MR) is 65.5 cm³/mol. The van der Waals surface area contributed by atoms with E-state index in [-0.39, 0.29) is 6.17 Å². The van der Waals surface area contributed by atoms with E-state index < -0.39 is 0 Å². The first-order chi connectivity index (χ1) is 7.88. The third-order valence-electron chi connectivity index (χ3n) is 2.01. The van der Waals surface area contributed by atoms with Gasteiger partial charge in [-0.3, -0.25) is 0 Å². The number of rotatable bonds is 4. The lowest BCUT2D eigenvalue weighted by Gasteiger charge is -1.93. The van der Waals surface area contributed by atoms with Crippen molar-refractivity contribution in [3.05, 3.63) is 43.0 Å². The van der Waals surface area contributed by atoms with Gasteiger partial charge in [0.1, 0.15) is 5.84 Å². The van der Waals surface area contributed by atoms with Gasteiger partial charge in [-0.25, -0.2) is 9.98 Å². The molecule has 1 aliphatic heterocycles. The van der Waals surface area contributed by atoms with Gasteiger partial charge in [0.05, 0.1) is 11.9 Å². The summed E-state index contributed by atoms with van der Waals surface area (Å²) in [5.74, 6) is 0.756. The van der Waals surface area contributed by atoms with Gasteiger partial charge in [0.15, 0.2) is 6.17 Å². The number of nitrogens with zero attached hydrogens (tertiary/aromatic N) is 4. The minimum absolute atomic E-state index is 0.282. The molecule has 0 aliphatic carbocycles. The summed E-state index contributed by atoms with van der Waals surface area (Å²) in [7, 11) is 0. The first kappa shape index (κ1) is 10.4. The molecule has 0 bridgehead atoms. The third-order valence-corrected chi connectivity index (χ3v) is 2.01. The molecule has 0 amide bonds. The molecule has 2 rings (SSSR count). The second-order valence-electron chi connectivity index (χ2n) is 3.28. The fourth-order valence-corrected chi connectivity index (χ4v) is 1.28. The standard InChI is InChI=1S/C12H12N4/c1-2-6-11-13-9-12(14-11)16-15-10-7-4-3-5-8-10/h2-5,7-9,12H,1,6H2. The zero-order valence-corrected chi connectivity index (χ0v) is 8.82. The molecule has 1 aromatic rings. The van der Waals surface area contributed by atoms with Gasteiger partial charge in [0.25, 0.3) is 0 Å². The summed E-state index contributed by atoms with van der Waals surface area (Å²) in [6.07, 6.45) is 3.85. The van der Waals surface area contributed by atoms with Crippen molar-refractivity contribution in [2.24, 2.45) is 20.2 Å². The molecule has 16 heavy (non-hydrogen) atoms. The zero-order chi connectivity index (χ0) is 11.2. The molecule has 0 saturated heterocycles. The van der Waals surface area contributed by atoms with E-state index in [9.17, 15) is 0 Å². The molecule has 1 heterocycles. The lowest BCUT2D eigenvalue weighted by molar-refractivity contribution is 0.880. The quantitative estimate of drug-likeness (QED) is 0.543. The van der Waals surface area contributed by atoms with Gasteiger partial charge >= 0.3 is 0 Å². The Morgan fingerprint density at radius 1 is 1.31 bits per heavy atom. The van der Waals surface area contributed by atoms with Crippen molar-refractivity contribution in [1.29, 1.82) is 0 Å². The molecule has 4 nitrogen and oxygen atoms in total. The molecule has 4 heteroatoms. The Labute approximate surface area is 94.2 Å². The lowest BCUT2D eigenvalue weighted by atomic mass is 10.3. The lowest BCUT2D eigenvalue weighted by Crippen LogP contribution is -1.96. The number of hydrogen-bond donors (Lipinski definition) is 0. The molecule has 0 saturated carbocycles. The molecule has 1 aliphatic rings. The number of azo groups is 1. The summed E-state index contributed by atoms with van der Waals surface area (Å²) < 4.78 is 0. The van der Waals surface area contributed by atoms with Crippen molar-refractivity contribution >= 4 is 17.7 Å². The Bertz CT molecular complexity index is 445. The predicted octanol–water partition coefficient (Wildman–Crippen LogP) is 3.16. The first-order valence-electron chi connectivity index (χ1n) is 5.06. The molecule has 0 aromatic heterocycles. The maximum absolute atomic E-state index is 4.26. The first-order valence-corrected chi connectivity index (χ1v) is 5.06. The number of aliphatic imine (C=N–C) groups is 2. The van der Waals surface area contributed by atoms with Crippen LogP contribution in [0.2, 0.25) is 0 Å². The third kappa shape index (κ3) is 2.70. The van der Waals surface area contributed by atoms with Crippen LogP contribution in [0.25, 0.3) is 0 Å². The van der Waals surface area contributed by atoms with Gasteiger partial charge < -0.3 is 0 Å². The SMILES string of the molecule is C=CCC1=NC(N=Nc2ccccc2)C=N1. The smallest absolute Gasteiger partial charge is 0.198 e. The summed E-state index contributed by atoms with van der Waals surface area (Å²) in [6.45, 7) is 3.63. The van der Waals surface area contributed by atoms with Crippen LogP contribution in [0, 0.1) is 0 Å². The number of amidine groups is 1. The molecule has 0 spiro atoms. The highest BCUT2D eigenvalue weighted by Crippen LogP contribution is 2.12. The van der Waals surface area contributed by atoms with E-state index >= 15 is 0 Å². The van der Waals surface area contributed by atoms with Crippen molar-refractivity contribution in [2.45, 2.75) is 12.6 Å². The highest BCUT2D eigenvalue weighted by atomic mass is 15.2. The van der Waals surface area contributed by atoms with Crippen molar-refractivity contribution in [2.75, 3.05) is 0 Å². The Hall–Kier alpha value is -2.10. The van der Waals surface area contributed by atoms with Gasteiger partial charge in [0.2, 0.25) is 0 Å². The zero-order valence-electron chi connectivity index (χ0n) is 8.82. The van der Waals surface area contributed by atoms with E-state index in [0.29, 0.717) is 6.42 Å². The van der Waals surface area contributed by atoms with Crippen molar-refractivity contribution in [3.63, 3.8) is 0 Å². The van der Waals surface area contributed by atoms with Gasteiger partial charge in [0, 0.05) is 6.42 Å². The van der Waals surface area contributed by atoms with E-state index in [4.69, 9.17) is 0 Å². The fraction of sp³-hybridized carbons (Fsp3) is 0.167. The summed E-state index contributed by atoms with van der Waals surface area (Å²) in [5.41, 5.74) is 0.822. The van der Waals surface area contributed by atoms with Gasteiger partial charge in [-0.1, -0.05) is 24.3 Å². The van der Waals surface area contributed by atoms with Crippen LogP contribution in [0.4, 0.5) is 5.69 Å². The minimum Gasteiger partial charge on any atom is -0.241 e.